The molecule has 4 heteroatoms. The Labute approximate surface area is 70.4 Å². The van der Waals surface area contributed by atoms with E-state index in [0.717, 1.165) is 0 Å². The van der Waals surface area contributed by atoms with Crippen LogP contribution >= 0.6 is 0 Å². The maximum Gasteiger partial charge on any atom is 0.337 e. The van der Waals surface area contributed by atoms with Crippen LogP contribution in [0, 0.1) is 0 Å². The van der Waals surface area contributed by atoms with Crippen LogP contribution in [0.1, 0.15) is 10.4 Å². The van der Waals surface area contributed by atoms with Crippen LogP contribution in [0.15, 0.2) is 24.3 Å². The van der Waals surface area contributed by atoms with Crippen LogP contribution in [0.3, 0.4) is 0 Å². The molecule has 0 aliphatic heterocycles. The first-order chi connectivity index (χ1) is 5.24. The number of carbonyl (C=O) groups is 1. The first kappa shape index (κ1) is 10.4. The summed E-state index contributed by atoms with van der Waals surface area (Å²) in [6.45, 7) is 0. The van der Waals surface area contributed by atoms with E-state index in [9.17, 15) is 4.79 Å². The Kier molecular flexibility index (Phi) is 3.79. The maximum atomic E-state index is 10.8. The molecule has 4 N–H and O–H groups in total. The molecule has 4 nitrogen and oxygen atoms in total. The summed E-state index contributed by atoms with van der Waals surface area (Å²) in [5.41, 5.74) is 0.354. The minimum Gasteiger partial charge on any atom is -0.508 e. The van der Waals surface area contributed by atoms with Crippen LogP contribution in [-0.2, 0) is 4.74 Å². The van der Waals surface area contributed by atoms with Gasteiger partial charge in [0.15, 0.2) is 0 Å². The van der Waals surface area contributed by atoms with Crippen molar-refractivity contribution in [3.63, 3.8) is 0 Å². The van der Waals surface area contributed by atoms with Gasteiger partial charge < -0.3 is 16.0 Å². The molecule has 0 aliphatic carbocycles. The van der Waals surface area contributed by atoms with E-state index in [1.54, 1.807) is 12.1 Å². The van der Waals surface area contributed by atoms with Gasteiger partial charge in [-0.2, -0.15) is 0 Å². The molecule has 0 unspecified atom stereocenters. The van der Waals surface area contributed by atoms with Crippen molar-refractivity contribution in [1.29, 1.82) is 0 Å². The van der Waals surface area contributed by atoms with Crippen molar-refractivity contribution in [1.82, 2.24) is 6.15 Å². The number of benzene rings is 1. The van der Waals surface area contributed by atoms with Crippen molar-refractivity contribution >= 4 is 5.97 Å². The number of phenolic OH excluding ortho intramolecular Hbond substituents is 1. The van der Waals surface area contributed by atoms with Gasteiger partial charge in [-0.15, -0.1) is 0 Å². The average molecular weight is 169 g/mol. The summed E-state index contributed by atoms with van der Waals surface area (Å²) in [6, 6.07) is 6.01. The number of esters is 1. The molecule has 1 aromatic rings. The molecule has 0 fully saturated rings. The van der Waals surface area contributed by atoms with Crippen LogP contribution in [0.25, 0.3) is 0 Å². The second-order valence-corrected chi connectivity index (χ2v) is 2.04. The Morgan fingerprint density at radius 3 is 2.67 bits per heavy atom. The van der Waals surface area contributed by atoms with Gasteiger partial charge in [-0.25, -0.2) is 4.79 Å². The summed E-state index contributed by atoms with van der Waals surface area (Å²) in [5.74, 6) is -0.381. The van der Waals surface area contributed by atoms with Crippen LogP contribution in [-0.4, -0.2) is 18.2 Å². The van der Waals surface area contributed by atoms with Crippen molar-refractivity contribution in [3.05, 3.63) is 29.8 Å². The molecule has 0 aliphatic rings. The van der Waals surface area contributed by atoms with E-state index in [1.165, 1.54) is 19.2 Å². The van der Waals surface area contributed by atoms with Crippen molar-refractivity contribution < 1.29 is 14.6 Å². The minimum atomic E-state index is -0.444. The molecule has 0 aromatic heterocycles. The Bertz CT molecular complexity index is 273. The van der Waals surface area contributed by atoms with Gasteiger partial charge >= 0.3 is 5.97 Å². The van der Waals surface area contributed by atoms with E-state index < -0.39 is 5.97 Å². The lowest BCUT2D eigenvalue weighted by Gasteiger charge is -1.97. The zero-order valence-corrected chi connectivity index (χ0v) is 6.78. The molecular formula is C8H11NO3. The first-order valence-corrected chi connectivity index (χ1v) is 3.11. The fraction of sp³-hybridized carbons (Fsp3) is 0.125. The number of aromatic hydroxyl groups is 1. The maximum absolute atomic E-state index is 10.8. The highest BCUT2D eigenvalue weighted by Gasteiger charge is 2.03. The van der Waals surface area contributed by atoms with E-state index in [1.807, 2.05) is 0 Å². The lowest BCUT2D eigenvalue weighted by Crippen LogP contribution is -1.99. The van der Waals surface area contributed by atoms with E-state index in [0.29, 0.717) is 5.56 Å². The number of methoxy groups -OCH3 is 1. The highest BCUT2D eigenvalue weighted by molar-refractivity contribution is 5.89. The number of ether oxygens (including phenoxy) is 1. The summed E-state index contributed by atoms with van der Waals surface area (Å²) in [6.07, 6.45) is 0. The van der Waals surface area contributed by atoms with E-state index in [-0.39, 0.29) is 11.9 Å². The third-order valence-corrected chi connectivity index (χ3v) is 1.27. The zero-order chi connectivity index (χ0) is 8.27. The van der Waals surface area contributed by atoms with Crippen molar-refractivity contribution in [2.45, 2.75) is 0 Å². The molecule has 0 amide bonds. The predicted molar refractivity (Wildman–Crippen MR) is 44.5 cm³/mol. The molecule has 0 saturated carbocycles. The molecule has 1 rings (SSSR count). The van der Waals surface area contributed by atoms with E-state index in [2.05, 4.69) is 4.74 Å². The molecule has 0 spiro atoms. The van der Waals surface area contributed by atoms with Gasteiger partial charge in [-0.3, -0.25) is 0 Å². The standard InChI is InChI=1S/C8H8O3.H3N/c1-11-8(10)6-3-2-4-7(9)5-6;/h2-5,9H,1H3;1H3. The molecule has 0 atom stereocenters. The molecular weight excluding hydrogens is 158 g/mol. The Morgan fingerprint density at radius 1 is 1.50 bits per heavy atom. The van der Waals surface area contributed by atoms with Crippen LogP contribution in [0.4, 0.5) is 0 Å². The highest BCUT2D eigenvalue weighted by atomic mass is 16.5. The van der Waals surface area contributed by atoms with E-state index in [4.69, 9.17) is 5.11 Å². The molecule has 66 valence electrons. The topological polar surface area (TPSA) is 81.5 Å². The molecule has 0 saturated heterocycles. The monoisotopic (exact) mass is 169 g/mol. The number of hydrogen-bond acceptors (Lipinski definition) is 4. The molecule has 1 aromatic carbocycles. The number of hydrogen-bond donors (Lipinski definition) is 2. The smallest absolute Gasteiger partial charge is 0.337 e. The Hall–Kier alpha value is -1.55. The van der Waals surface area contributed by atoms with Crippen molar-refractivity contribution in [2.75, 3.05) is 7.11 Å². The van der Waals surface area contributed by atoms with Crippen LogP contribution < -0.4 is 6.15 Å². The summed E-state index contributed by atoms with van der Waals surface area (Å²) in [5, 5.41) is 8.95. The Morgan fingerprint density at radius 2 is 2.17 bits per heavy atom. The van der Waals surface area contributed by atoms with Crippen molar-refractivity contribution in [3.8, 4) is 5.75 Å². The first-order valence-electron chi connectivity index (χ1n) is 3.11. The molecule has 0 bridgehead atoms. The lowest BCUT2D eigenvalue weighted by atomic mass is 10.2. The fourth-order valence-corrected chi connectivity index (χ4v) is 0.751. The fourth-order valence-electron chi connectivity index (χ4n) is 0.751. The van der Waals surface area contributed by atoms with Crippen molar-refractivity contribution in [2.24, 2.45) is 0 Å². The normalized spacial score (nSPS) is 8.42. The van der Waals surface area contributed by atoms with Gasteiger partial charge in [-0.05, 0) is 18.2 Å². The predicted octanol–water partition coefficient (Wildman–Crippen LogP) is 1.34. The largest absolute Gasteiger partial charge is 0.508 e. The van der Waals surface area contributed by atoms with Crippen LogP contribution in [0.5, 0.6) is 5.75 Å². The van der Waals surface area contributed by atoms with Gasteiger partial charge in [0.2, 0.25) is 0 Å². The summed E-state index contributed by atoms with van der Waals surface area (Å²) in [4.78, 5) is 10.8. The van der Waals surface area contributed by atoms with Crippen LogP contribution in [0.2, 0.25) is 0 Å². The molecule has 0 radical (unpaired) electrons. The zero-order valence-electron chi connectivity index (χ0n) is 6.78. The highest BCUT2D eigenvalue weighted by Crippen LogP contribution is 2.11. The summed E-state index contributed by atoms with van der Waals surface area (Å²) in [7, 11) is 1.30. The minimum absolute atomic E-state index is 0. The van der Waals surface area contributed by atoms with E-state index >= 15 is 0 Å². The van der Waals surface area contributed by atoms with Gasteiger partial charge in [-0.1, -0.05) is 6.07 Å². The quantitative estimate of drug-likeness (QED) is 0.621. The van der Waals surface area contributed by atoms with Gasteiger partial charge in [0, 0.05) is 0 Å². The average Bonchev–Trinajstić information content (AvgIpc) is 2.03. The molecule has 0 heterocycles. The second-order valence-electron chi connectivity index (χ2n) is 2.04. The summed E-state index contributed by atoms with van der Waals surface area (Å²) < 4.78 is 4.44. The third-order valence-electron chi connectivity index (χ3n) is 1.27. The van der Waals surface area contributed by atoms with Gasteiger partial charge in [0.1, 0.15) is 5.75 Å². The van der Waals surface area contributed by atoms with Gasteiger partial charge in [0.25, 0.3) is 0 Å². The SMILES string of the molecule is COC(=O)c1cccc(O)c1.N. The Balaban J connectivity index is 0.00000121. The summed E-state index contributed by atoms with van der Waals surface area (Å²) >= 11 is 0. The van der Waals surface area contributed by atoms with Gasteiger partial charge in [0.05, 0.1) is 12.7 Å². The number of rotatable bonds is 1. The second kappa shape index (κ2) is 4.35. The number of carbonyl (C=O) groups excluding carboxylic acids is 1. The lowest BCUT2D eigenvalue weighted by molar-refractivity contribution is 0.0600. The number of phenols is 1. The molecule has 12 heavy (non-hydrogen) atoms. The third kappa shape index (κ3) is 2.25.